The van der Waals surface area contributed by atoms with Crippen molar-refractivity contribution in [2.45, 2.75) is 0 Å². The van der Waals surface area contributed by atoms with Crippen molar-refractivity contribution in [3.05, 3.63) is 58.8 Å². The number of carbonyl (C=O) groups excluding carboxylic acids is 1. The van der Waals surface area contributed by atoms with Crippen molar-refractivity contribution >= 4 is 27.5 Å². The van der Waals surface area contributed by atoms with Crippen molar-refractivity contribution in [3.63, 3.8) is 0 Å². The van der Waals surface area contributed by atoms with Crippen molar-refractivity contribution in [2.24, 2.45) is 0 Å². The monoisotopic (exact) mass is 392 g/mol. The molecule has 1 heterocycles. The Bertz CT molecular complexity index is 718. The van der Waals surface area contributed by atoms with E-state index in [0.717, 1.165) is 4.47 Å². The average Bonchev–Trinajstić information content (AvgIpc) is 2.61. The number of carbonyl (C=O) groups is 1. The molecular weight excluding hydrogens is 375 g/mol. The molecule has 0 aromatic heterocycles. The Morgan fingerprint density at radius 2 is 1.71 bits per heavy atom. The average molecular weight is 393 g/mol. The summed E-state index contributed by atoms with van der Waals surface area (Å²) in [6.45, 7) is 2.35. The third kappa shape index (κ3) is 3.87. The number of para-hydroxylation sites is 2. The van der Waals surface area contributed by atoms with Crippen molar-refractivity contribution in [2.75, 3.05) is 37.7 Å². The number of anilines is 1. The first-order valence-electron chi connectivity index (χ1n) is 7.80. The Morgan fingerprint density at radius 3 is 2.42 bits per heavy atom. The van der Waals surface area contributed by atoms with Gasteiger partial charge in [-0.25, -0.2) is 4.39 Å². The maximum atomic E-state index is 13.8. The van der Waals surface area contributed by atoms with Gasteiger partial charge in [0.05, 0.1) is 10.2 Å². The first-order valence-corrected chi connectivity index (χ1v) is 8.59. The predicted molar refractivity (Wildman–Crippen MR) is 94.8 cm³/mol. The van der Waals surface area contributed by atoms with Crippen LogP contribution >= 0.6 is 15.9 Å². The molecule has 3 rings (SSSR count). The predicted octanol–water partition coefficient (Wildman–Crippen LogP) is 3.32. The quantitative estimate of drug-likeness (QED) is 0.799. The molecule has 1 aliphatic rings. The van der Waals surface area contributed by atoms with Crippen LogP contribution in [0.3, 0.4) is 0 Å². The summed E-state index contributed by atoms with van der Waals surface area (Å²) < 4.78 is 20.2. The van der Waals surface area contributed by atoms with Crippen LogP contribution in [0.5, 0.6) is 5.75 Å². The lowest BCUT2D eigenvalue weighted by Crippen LogP contribution is -2.50. The minimum absolute atomic E-state index is 0.00229. The minimum Gasteiger partial charge on any atom is -0.483 e. The van der Waals surface area contributed by atoms with Gasteiger partial charge in [0.15, 0.2) is 6.61 Å². The van der Waals surface area contributed by atoms with Crippen LogP contribution in [0.25, 0.3) is 0 Å². The van der Waals surface area contributed by atoms with Crippen LogP contribution in [-0.4, -0.2) is 43.6 Å². The van der Waals surface area contributed by atoms with E-state index in [1.807, 2.05) is 35.2 Å². The second-order valence-electron chi connectivity index (χ2n) is 5.54. The summed E-state index contributed by atoms with van der Waals surface area (Å²) in [5.74, 6) is 0.365. The van der Waals surface area contributed by atoms with Gasteiger partial charge in [0.25, 0.3) is 5.91 Å². The van der Waals surface area contributed by atoms with E-state index in [1.165, 1.54) is 6.07 Å². The molecule has 1 saturated heterocycles. The summed E-state index contributed by atoms with van der Waals surface area (Å²) >= 11 is 3.39. The standard InChI is InChI=1S/C18H18BrFN2O2/c19-14-5-1-4-8-17(14)24-13-18(23)22-11-9-21(10-12-22)16-7-3-2-6-15(16)20/h1-8H,9-13H2. The highest BCUT2D eigenvalue weighted by Crippen LogP contribution is 2.24. The largest absolute Gasteiger partial charge is 0.483 e. The number of ether oxygens (including phenoxy) is 1. The lowest BCUT2D eigenvalue weighted by molar-refractivity contribution is -0.133. The topological polar surface area (TPSA) is 32.8 Å². The molecule has 0 saturated carbocycles. The molecule has 0 bridgehead atoms. The molecule has 0 aliphatic carbocycles. The van der Waals surface area contributed by atoms with Gasteiger partial charge < -0.3 is 14.5 Å². The van der Waals surface area contributed by atoms with Gasteiger partial charge in [0.1, 0.15) is 11.6 Å². The van der Waals surface area contributed by atoms with Crippen molar-refractivity contribution in [3.8, 4) is 5.75 Å². The van der Waals surface area contributed by atoms with Crippen LogP contribution in [0.1, 0.15) is 0 Å². The molecule has 4 nitrogen and oxygen atoms in total. The van der Waals surface area contributed by atoms with Crippen LogP contribution in [0, 0.1) is 5.82 Å². The van der Waals surface area contributed by atoms with E-state index in [-0.39, 0.29) is 18.3 Å². The summed E-state index contributed by atoms with van der Waals surface area (Å²) in [6.07, 6.45) is 0. The molecule has 2 aromatic rings. The van der Waals surface area contributed by atoms with E-state index < -0.39 is 0 Å². The van der Waals surface area contributed by atoms with Crippen LogP contribution < -0.4 is 9.64 Å². The van der Waals surface area contributed by atoms with E-state index in [2.05, 4.69) is 15.9 Å². The second-order valence-corrected chi connectivity index (χ2v) is 6.39. The number of benzene rings is 2. The highest BCUT2D eigenvalue weighted by Gasteiger charge is 2.23. The third-order valence-electron chi connectivity index (χ3n) is 4.01. The number of hydrogen-bond donors (Lipinski definition) is 0. The molecule has 0 N–H and O–H groups in total. The molecule has 1 amide bonds. The number of nitrogens with zero attached hydrogens (tertiary/aromatic N) is 2. The summed E-state index contributed by atoms with van der Waals surface area (Å²) in [5.41, 5.74) is 0.592. The summed E-state index contributed by atoms with van der Waals surface area (Å²) in [6, 6.07) is 14.2. The zero-order valence-corrected chi connectivity index (χ0v) is 14.7. The summed E-state index contributed by atoms with van der Waals surface area (Å²) in [4.78, 5) is 16.0. The van der Waals surface area contributed by atoms with Gasteiger partial charge in [-0.2, -0.15) is 0 Å². The van der Waals surface area contributed by atoms with Gasteiger partial charge in [-0.3, -0.25) is 4.79 Å². The molecule has 6 heteroatoms. The number of hydrogen-bond acceptors (Lipinski definition) is 3. The van der Waals surface area contributed by atoms with Gasteiger partial charge >= 0.3 is 0 Å². The van der Waals surface area contributed by atoms with E-state index in [9.17, 15) is 9.18 Å². The summed E-state index contributed by atoms with van der Waals surface area (Å²) in [7, 11) is 0. The van der Waals surface area contributed by atoms with Gasteiger partial charge in [0, 0.05) is 26.2 Å². The highest BCUT2D eigenvalue weighted by atomic mass is 79.9. The maximum absolute atomic E-state index is 13.8. The summed E-state index contributed by atoms with van der Waals surface area (Å²) in [5, 5.41) is 0. The molecule has 0 unspecified atom stereocenters. The number of rotatable bonds is 4. The number of piperazine rings is 1. The Labute approximate surface area is 149 Å². The van der Waals surface area contributed by atoms with Crippen molar-refractivity contribution < 1.29 is 13.9 Å². The Hall–Kier alpha value is -2.08. The lowest BCUT2D eigenvalue weighted by atomic mass is 10.2. The van der Waals surface area contributed by atoms with Gasteiger partial charge in [-0.15, -0.1) is 0 Å². The van der Waals surface area contributed by atoms with E-state index >= 15 is 0 Å². The molecule has 0 atom stereocenters. The normalized spacial score (nSPS) is 14.6. The molecule has 0 spiro atoms. The Kier molecular flexibility index (Phi) is 5.35. The van der Waals surface area contributed by atoms with Crippen LogP contribution in [0.2, 0.25) is 0 Å². The zero-order valence-electron chi connectivity index (χ0n) is 13.1. The van der Waals surface area contributed by atoms with E-state index in [1.54, 1.807) is 17.0 Å². The number of halogens is 2. The maximum Gasteiger partial charge on any atom is 0.260 e. The molecule has 0 radical (unpaired) electrons. The van der Waals surface area contributed by atoms with Crippen LogP contribution in [0.4, 0.5) is 10.1 Å². The first kappa shape index (κ1) is 16.8. The van der Waals surface area contributed by atoms with Gasteiger partial charge in [0.2, 0.25) is 0 Å². The lowest BCUT2D eigenvalue weighted by Gasteiger charge is -2.36. The molecule has 24 heavy (non-hydrogen) atoms. The molecule has 126 valence electrons. The second kappa shape index (κ2) is 7.66. The third-order valence-corrected chi connectivity index (χ3v) is 4.67. The first-order chi connectivity index (χ1) is 11.6. The van der Waals surface area contributed by atoms with Crippen LogP contribution in [-0.2, 0) is 4.79 Å². The molecule has 2 aromatic carbocycles. The minimum atomic E-state index is -0.227. The fourth-order valence-electron chi connectivity index (χ4n) is 2.70. The SMILES string of the molecule is O=C(COc1ccccc1Br)N1CCN(c2ccccc2F)CC1. The van der Waals surface area contributed by atoms with Gasteiger partial charge in [-0.1, -0.05) is 24.3 Å². The number of amides is 1. The van der Waals surface area contributed by atoms with Crippen molar-refractivity contribution in [1.82, 2.24) is 4.90 Å². The Balaban J connectivity index is 1.52. The van der Waals surface area contributed by atoms with Crippen molar-refractivity contribution in [1.29, 1.82) is 0 Å². The molecular formula is C18H18BrFN2O2. The molecule has 1 aliphatic heterocycles. The molecule has 1 fully saturated rings. The highest BCUT2D eigenvalue weighted by molar-refractivity contribution is 9.10. The fourth-order valence-corrected chi connectivity index (χ4v) is 3.10. The Morgan fingerprint density at radius 1 is 1.04 bits per heavy atom. The van der Waals surface area contributed by atoms with Crippen LogP contribution in [0.15, 0.2) is 53.0 Å². The van der Waals surface area contributed by atoms with E-state index in [4.69, 9.17) is 4.74 Å². The zero-order chi connectivity index (χ0) is 16.9. The van der Waals surface area contributed by atoms with Gasteiger partial charge in [-0.05, 0) is 40.2 Å². The smallest absolute Gasteiger partial charge is 0.260 e. The fraction of sp³-hybridized carbons (Fsp3) is 0.278. The van der Waals surface area contributed by atoms with E-state index in [0.29, 0.717) is 37.6 Å².